The number of morpholine rings is 1. The molecule has 3 saturated heterocycles. The fraction of sp³-hybridized carbons (Fsp3) is 0.611. The second-order valence-corrected chi connectivity index (χ2v) is 21.7. The first-order chi connectivity index (χ1) is 34.9. The Morgan fingerprint density at radius 2 is 1.67 bits per heavy atom. The van der Waals surface area contributed by atoms with E-state index in [1.165, 1.54) is 17.7 Å². The van der Waals surface area contributed by atoms with Gasteiger partial charge in [-0.2, -0.15) is 0 Å². The van der Waals surface area contributed by atoms with Crippen molar-refractivity contribution in [2.24, 2.45) is 5.92 Å². The van der Waals surface area contributed by atoms with Gasteiger partial charge in [0.15, 0.2) is 0 Å². The van der Waals surface area contributed by atoms with Gasteiger partial charge < -0.3 is 29.7 Å². The van der Waals surface area contributed by atoms with Crippen molar-refractivity contribution < 1.29 is 32.7 Å². The number of pyridine rings is 1. The summed E-state index contributed by atoms with van der Waals surface area (Å²) in [5, 5.41) is 8.43. The van der Waals surface area contributed by atoms with Crippen LogP contribution in [0.15, 0.2) is 46.8 Å². The Morgan fingerprint density at radius 1 is 0.903 bits per heavy atom. The highest BCUT2D eigenvalue weighted by molar-refractivity contribution is 7.10. The number of fused-ring (bicyclic) bond motifs is 10. The molecule has 1 aromatic carbocycles. The van der Waals surface area contributed by atoms with Crippen LogP contribution in [0.4, 0.5) is 20.3 Å². The highest BCUT2D eigenvalue weighted by atomic mass is 32.1. The Kier molecular flexibility index (Phi) is 16.7. The van der Waals surface area contributed by atoms with Crippen molar-refractivity contribution in [3.05, 3.63) is 79.5 Å². The molecule has 2 unspecified atom stereocenters. The van der Waals surface area contributed by atoms with Crippen molar-refractivity contribution >= 4 is 57.5 Å². The summed E-state index contributed by atoms with van der Waals surface area (Å²) in [6.45, 7) is 7.14. The molecule has 2 N–H and O–H groups in total. The van der Waals surface area contributed by atoms with Crippen LogP contribution in [0.25, 0.3) is 11.0 Å². The number of amides is 4. The number of ether oxygens (including phenoxy) is 1. The number of carbonyl (C=O) groups is 4. The third-order valence-electron chi connectivity index (χ3n) is 15.9. The Bertz CT molecular complexity index is 2650. The van der Waals surface area contributed by atoms with Crippen molar-refractivity contribution in [3.63, 3.8) is 0 Å². The van der Waals surface area contributed by atoms with Gasteiger partial charge in [-0.25, -0.2) is 18.7 Å². The Labute approximate surface area is 425 Å². The van der Waals surface area contributed by atoms with Crippen LogP contribution in [0.3, 0.4) is 0 Å². The summed E-state index contributed by atoms with van der Waals surface area (Å²) in [4.78, 5) is 83.8. The van der Waals surface area contributed by atoms with Crippen molar-refractivity contribution in [1.29, 1.82) is 0 Å². The maximum atomic E-state index is 16.2. The van der Waals surface area contributed by atoms with E-state index < -0.39 is 23.8 Å². The van der Waals surface area contributed by atoms with E-state index in [0.29, 0.717) is 101 Å². The molecule has 3 atom stereocenters. The second kappa shape index (κ2) is 23.3. The van der Waals surface area contributed by atoms with Gasteiger partial charge in [0.1, 0.15) is 29.5 Å². The molecule has 3 aromatic heterocycles. The van der Waals surface area contributed by atoms with Gasteiger partial charge in [0.25, 0.3) is 17.4 Å². The zero-order chi connectivity index (χ0) is 50.4. The number of benzene rings is 1. The van der Waals surface area contributed by atoms with Crippen LogP contribution < -0.4 is 21.1 Å². The van der Waals surface area contributed by atoms with E-state index in [-0.39, 0.29) is 47.3 Å². The average Bonchev–Trinajstić information content (AvgIpc) is 3.93. The predicted octanol–water partition coefficient (Wildman–Crippen LogP) is 8.71. The van der Waals surface area contributed by atoms with E-state index in [4.69, 9.17) is 14.7 Å². The fourth-order valence-corrected chi connectivity index (χ4v) is 12.6. The van der Waals surface area contributed by atoms with E-state index in [1.807, 2.05) is 29.0 Å². The van der Waals surface area contributed by atoms with Crippen molar-refractivity contribution in [1.82, 2.24) is 34.6 Å². The third kappa shape index (κ3) is 11.5. The number of halogens is 2. The largest absolute Gasteiger partial charge is 0.378 e. The molecule has 3 fully saturated rings. The molecule has 0 saturated carbocycles. The van der Waals surface area contributed by atoms with Gasteiger partial charge in [-0.1, -0.05) is 69.6 Å². The van der Waals surface area contributed by atoms with Gasteiger partial charge in [-0.15, -0.1) is 11.3 Å². The number of piperidine rings is 2. The number of anilines is 2. The number of imide groups is 1. The molecule has 10 rings (SSSR count). The highest BCUT2D eigenvalue weighted by Crippen LogP contribution is 2.43. The monoisotopic (exact) mass is 1010 g/mol. The number of hydrogen-bond donors (Lipinski definition) is 2. The molecule has 0 radical (unpaired) electrons. The Hall–Kier alpha value is -5.33. The third-order valence-corrected chi connectivity index (χ3v) is 16.9. The zero-order valence-electron chi connectivity index (χ0n) is 42.0. The first kappa shape index (κ1) is 51.6. The Balaban J connectivity index is 0.844. The lowest BCUT2D eigenvalue weighted by molar-refractivity contribution is -0.137. The van der Waals surface area contributed by atoms with Crippen LogP contribution in [-0.4, -0.2) is 112 Å². The van der Waals surface area contributed by atoms with Crippen LogP contribution >= 0.6 is 11.3 Å². The summed E-state index contributed by atoms with van der Waals surface area (Å²) in [5.74, 6) is -3.99. The maximum Gasteiger partial charge on any atom is 0.276 e. The molecular formula is C54H71F2N9O6S. The maximum absolute atomic E-state index is 16.2. The molecule has 0 spiro atoms. The minimum Gasteiger partial charge on any atom is -0.378 e. The normalized spacial score (nSPS) is 23.9. The summed E-state index contributed by atoms with van der Waals surface area (Å²) in [6, 6.07) is 7.60. The molecule has 388 valence electrons. The summed E-state index contributed by atoms with van der Waals surface area (Å²) >= 11 is 1.46. The molecule has 4 aromatic rings. The molecule has 9 heterocycles. The van der Waals surface area contributed by atoms with Crippen molar-refractivity contribution in [3.8, 4) is 0 Å². The number of carbonyl (C=O) groups excluding carboxylic acids is 4. The minimum absolute atomic E-state index is 0.0491. The molecule has 4 amide bonds. The molecular weight excluding hydrogens is 941 g/mol. The zero-order valence-corrected chi connectivity index (χ0v) is 42.8. The molecule has 6 aliphatic rings. The quantitative estimate of drug-likeness (QED) is 0.0974. The molecule has 0 aliphatic carbocycles. The Morgan fingerprint density at radius 3 is 2.46 bits per heavy atom. The standard InChI is InChI=1S/C54H71F2N9O6S/c1-36-37-14-13-15-39(30-37)54(55,56)38-21-24-62(25-22-38)23-12-8-7-10-17-40(65-50-41(49(59-36)57-35-58-50)31-45(53(65)70)63-26-28-71-29-27-63)16-9-5-3-4-6-11-18-48(67)61(2)33-46-42-32-64(52(69)43(42)34-72-46)44-19-20-47(66)60-51(44)68/h13-15,30-31,34-36,38,40,44H,3-12,16-29,32-33H2,1-2H3,(H,57,58,59)(H,60,66,68)/t36-,40?,44?/m1/s1. The van der Waals surface area contributed by atoms with E-state index in [2.05, 4.69) is 20.4 Å². The van der Waals surface area contributed by atoms with Crippen LogP contribution in [0.5, 0.6) is 0 Å². The first-order valence-corrected chi connectivity index (χ1v) is 27.4. The van der Waals surface area contributed by atoms with E-state index >= 15 is 8.78 Å². The SMILES string of the molecule is C[C@H]1Nc2ncnc3c2cc(N2CCOCC2)c(=O)n3C(CCCCCCCCC(=O)N(C)Cc2scc3c2CN(C2CCC(=O)NC2=O)C3=O)CCCCCCN2CCC(CC2)C(F)(F)c2cccc1c2. The predicted molar refractivity (Wildman–Crippen MR) is 274 cm³/mol. The first-order valence-electron chi connectivity index (χ1n) is 26.5. The summed E-state index contributed by atoms with van der Waals surface area (Å²) in [5.41, 5.74) is 3.33. The molecule has 15 nitrogen and oxygen atoms in total. The van der Waals surface area contributed by atoms with Gasteiger partial charge in [0.05, 0.1) is 30.7 Å². The van der Waals surface area contributed by atoms with Crippen molar-refractivity contribution in [2.45, 2.75) is 153 Å². The molecule has 8 bridgehead atoms. The lowest BCUT2D eigenvalue weighted by atomic mass is 9.85. The van der Waals surface area contributed by atoms with Gasteiger partial charge in [0, 0.05) is 73.3 Å². The topological polar surface area (TPSA) is 162 Å². The van der Waals surface area contributed by atoms with Gasteiger partial charge in [-0.05, 0) is 94.8 Å². The number of thiophene rings is 1. The number of rotatable bonds is 13. The summed E-state index contributed by atoms with van der Waals surface area (Å²) in [7, 11) is 1.79. The molecule has 6 aliphatic heterocycles. The number of nitrogens with zero attached hydrogens (tertiary/aromatic N) is 7. The van der Waals surface area contributed by atoms with Crippen LogP contribution in [0.1, 0.15) is 160 Å². The second-order valence-electron chi connectivity index (χ2n) is 20.7. The smallest absolute Gasteiger partial charge is 0.276 e. The van der Waals surface area contributed by atoms with E-state index in [0.717, 1.165) is 105 Å². The lowest BCUT2D eigenvalue weighted by Gasteiger charge is -2.36. The number of nitrogens with one attached hydrogen (secondary N) is 2. The molecule has 18 heteroatoms. The minimum atomic E-state index is -2.94. The van der Waals surface area contributed by atoms with Gasteiger partial charge in [0.2, 0.25) is 17.7 Å². The fourth-order valence-electron chi connectivity index (χ4n) is 11.5. The van der Waals surface area contributed by atoms with Crippen LogP contribution in [0.2, 0.25) is 0 Å². The van der Waals surface area contributed by atoms with Crippen LogP contribution in [0, 0.1) is 5.92 Å². The van der Waals surface area contributed by atoms with Gasteiger partial charge >= 0.3 is 0 Å². The number of aromatic nitrogens is 3. The summed E-state index contributed by atoms with van der Waals surface area (Å²) < 4.78 is 40.0. The lowest BCUT2D eigenvalue weighted by Crippen LogP contribution is -2.52. The van der Waals surface area contributed by atoms with Gasteiger partial charge in [-0.3, -0.25) is 33.9 Å². The number of alkyl halides is 2. The summed E-state index contributed by atoms with van der Waals surface area (Å²) in [6.07, 6.45) is 14.7. The van der Waals surface area contributed by atoms with Crippen molar-refractivity contribution in [2.75, 3.05) is 63.2 Å². The average molecular weight is 1010 g/mol. The van der Waals surface area contributed by atoms with Crippen LogP contribution in [-0.2, 0) is 38.1 Å². The van der Waals surface area contributed by atoms with E-state index in [1.54, 1.807) is 35.0 Å². The van der Waals surface area contributed by atoms with E-state index in [9.17, 15) is 24.0 Å². The number of unbranched alkanes of at least 4 members (excludes halogenated alkanes) is 5. The molecule has 72 heavy (non-hydrogen) atoms. The highest BCUT2D eigenvalue weighted by Gasteiger charge is 2.43. The number of hydrogen-bond acceptors (Lipinski definition) is 12.